The lowest BCUT2D eigenvalue weighted by atomic mass is 10.0. The normalized spacial score (nSPS) is 10.9. The van der Waals surface area contributed by atoms with Crippen molar-refractivity contribution >= 4 is 17.2 Å². The van der Waals surface area contributed by atoms with Gasteiger partial charge < -0.3 is 11.5 Å². The Labute approximate surface area is 104 Å². The molecule has 0 spiro atoms. The van der Waals surface area contributed by atoms with Crippen LogP contribution >= 0.6 is 0 Å². The summed E-state index contributed by atoms with van der Waals surface area (Å²) in [6.07, 6.45) is 3.37. The van der Waals surface area contributed by atoms with Crippen LogP contribution in [0.5, 0.6) is 0 Å². The SMILES string of the molecule is Cc1ccc(-c2c(N)nn3ccnc3c2N)cc1. The molecule has 0 aliphatic rings. The number of fused-ring (bicyclic) bond motifs is 1. The molecule has 0 bridgehead atoms. The van der Waals surface area contributed by atoms with Crippen LogP contribution < -0.4 is 11.5 Å². The fourth-order valence-electron chi connectivity index (χ4n) is 2.01. The molecule has 0 saturated carbocycles. The maximum Gasteiger partial charge on any atom is 0.177 e. The molecule has 4 N–H and O–H groups in total. The maximum absolute atomic E-state index is 6.13. The van der Waals surface area contributed by atoms with Gasteiger partial charge in [0.15, 0.2) is 11.5 Å². The summed E-state index contributed by atoms with van der Waals surface area (Å²) in [5.41, 5.74) is 16.2. The number of anilines is 2. The molecule has 0 radical (unpaired) electrons. The van der Waals surface area contributed by atoms with E-state index in [1.807, 2.05) is 31.2 Å². The van der Waals surface area contributed by atoms with E-state index in [1.165, 1.54) is 5.56 Å². The van der Waals surface area contributed by atoms with E-state index in [9.17, 15) is 0 Å². The summed E-state index contributed by atoms with van der Waals surface area (Å²) in [6.45, 7) is 2.03. The van der Waals surface area contributed by atoms with Crippen molar-refractivity contribution in [2.75, 3.05) is 11.5 Å². The minimum absolute atomic E-state index is 0.404. The summed E-state index contributed by atoms with van der Waals surface area (Å²) < 4.78 is 1.59. The Morgan fingerprint density at radius 2 is 1.83 bits per heavy atom. The van der Waals surface area contributed by atoms with E-state index < -0.39 is 0 Å². The number of benzene rings is 1. The zero-order chi connectivity index (χ0) is 12.7. The zero-order valence-electron chi connectivity index (χ0n) is 9.96. The van der Waals surface area contributed by atoms with E-state index in [0.717, 1.165) is 11.1 Å². The summed E-state index contributed by atoms with van der Waals surface area (Å²) in [4.78, 5) is 4.18. The molecule has 90 valence electrons. The number of rotatable bonds is 1. The van der Waals surface area contributed by atoms with Gasteiger partial charge in [-0.3, -0.25) is 0 Å². The largest absolute Gasteiger partial charge is 0.395 e. The summed E-state index contributed by atoms with van der Waals surface area (Å²) >= 11 is 0. The van der Waals surface area contributed by atoms with E-state index >= 15 is 0 Å². The fraction of sp³-hybridized carbons (Fsp3) is 0.0769. The Hall–Kier alpha value is -2.56. The topological polar surface area (TPSA) is 82.2 Å². The number of hydrogen-bond donors (Lipinski definition) is 2. The van der Waals surface area contributed by atoms with Gasteiger partial charge in [0.05, 0.1) is 11.3 Å². The lowest BCUT2D eigenvalue weighted by Gasteiger charge is -2.10. The van der Waals surface area contributed by atoms with Gasteiger partial charge in [0.2, 0.25) is 0 Å². The number of imidazole rings is 1. The second-order valence-corrected chi connectivity index (χ2v) is 4.24. The van der Waals surface area contributed by atoms with Crippen molar-refractivity contribution in [3.8, 4) is 11.1 Å². The highest BCUT2D eigenvalue weighted by molar-refractivity contribution is 5.90. The van der Waals surface area contributed by atoms with E-state index in [1.54, 1.807) is 16.9 Å². The molecule has 0 aliphatic carbocycles. The van der Waals surface area contributed by atoms with Crippen molar-refractivity contribution in [1.29, 1.82) is 0 Å². The van der Waals surface area contributed by atoms with Gasteiger partial charge in [-0.1, -0.05) is 29.8 Å². The molecular formula is C13H13N5. The maximum atomic E-state index is 6.13. The number of aryl methyl sites for hydroxylation is 1. The van der Waals surface area contributed by atoms with Crippen molar-refractivity contribution in [1.82, 2.24) is 14.6 Å². The Kier molecular flexibility index (Phi) is 2.19. The van der Waals surface area contributed by atoms with E-state index in [4.69, 9.17) is 11.5 Å². The molecule has 1 aromatic carbocycles. The van der Waals surface area contributed by atoms with Gasteiger partial charge in [-0.2, -0.15) is 0 Å². The standard InChI is InChI=1S/C13H13N5/c1-8-2-4-9(5-3-8)10-11(14)13-16-6-7-18(13)17-12(10)15/h2-7H,14H2,1H3,(H2,15,17). The van der Waals surface area contributed by atoms with Crippen molar-refractivity contribution in [3.05, 3.63) is 42.2 Å². The molecule has 0 amide bonds. The molecule has 5 heteroatoms. The van der Waals surface area contributed by atoms with Crippen molar-refractivity contribution < 1.29 is 0 Å². The molecule has 18 heavy (non-hydrogen) atoms. The molecule has 0 saturated heterocycles. The van der Waals surface area contributed by atoms with Gasteiger partial charge in [0, 0.05) is 12.4 Å². The van der Waals surface area contributed by atoms with Gasteiger partial charge in [0.25, 0.3) is 0 Å². The van der Waals surface area contributed by atoms with Crippen LogP contribution in [0.25, 0.3) is 16.8 Å². The van der Waals surface area contributed by atoms with Gasteiger partial charge >= 0.3 is 0 Å². The Bertz CT molecular complexity index is 712. The monoisotopic (exact) mass is 239 g/mol. The second-order valence-electron chi connectivity index (χ2n) is 4.24. The summed E-state index contributed by atoms with van der Waals surface area (Å²) in [5, 5.41) is 4.25. The number of aromatic nitrogens is 3. The van der Waals surface area contributed by atoms with Crippen molar-refractivity contribution in [3.63, 3.8) is 0 Å². The molecule has 2 aromatic heterocycles. The smallest absolute Gasteiger partial charge is 0.177 e. The Balaban J connectivity index is 2.30. The minimum Gasteiger partial charge on any atom is -0.395 e. The number of nitrogens with two attached hydrogens (primary N) is 2. The van der Waals surface area contributed by atoms with Crippen LogP contribution in [0.1, 0.15) is 5.56 Å². The predicted octanol–water partition coefficient (Wildman–Crippen LogP) is 1.87. The van der Waals surface area contributed by atoms with Crippen LogP contribution in [0.2, 0.25) is 0 Å². The van der Waals surface area contributed by atoms with Crippen LogP contribution in [0.15, 0.2) is 36.7 Å². The van der Waals surface area contributed by atoms with Crippen LogP contribution in [0.4, 0.5) is 11.5 Å². The van der Waals surface area contributed by atoms with Gasteiger partial charge in [-0.25, -0.2) is 9.50 Å². The van der Waals surface area contributed by atoms with Crippen LogP contribution in [0, 0.1) is 6.92 Å². The molecule has 0 unspecified atom stereocenters. The van der Waals surface area contributed by atoms with Crippen molar-refractivity contribution in [2.45, 2.75) is 6.92 Å². The summed E-state index contributed by atoms with van der Waals surface area (Å²) in [7, 11) is 0. The number of nitrogens with zero attached hydrogens (tertiary/aromatic N) is 3. The lowest BCUT2D eigenvalue weighted by molar-refractivity contribution is 0.949. The number of hydrogen-bond acceptors (Lipinski definition) is 4. The zero-order valence-corrected chi connectivity index (χ0v) is 9.96. The molecule has 0 fully saturated rings. The highest BCUT2D eigenvalue weighted by atomic mass is 15.3. The summed E-state index contributed by atoms with van der Waals surface area (Å²) in [5.74, 6) is 0.404. The predicted molar refractivity (Wildman–Crippen MR) is 72.0 cm³/mol. The number of nitrogen functional groups attached to an aromatic ring is 2. The van der Waals surface area contributed by atoms with Gasteiger partial charge in [0.1, 0.15) is 0 Å². The second kappa shape index (κ2) is 3.73. The highest BCUT2D eigenvalue weighted by Crippen LogP contribution is 2.32. The van der Waals surface area contributed by atoms with Gasteiger partial charge in [-0.05, 0) is 12.5 Å². The first-order chi connectivity index (χ1) is 8.66. The molecular weight excluding hydrogens is 226 g/mol. The first kappa shape index (κ1) is 10.6. The molecule has 0 atom stereocenters. The van der Waals surface area contributed by atoms with Crippen LogP contribution in [-0.2, 0) is 0 Å². The first-order valence-electron chi connectivity index (χ1n) is 5.62. The summed E-state index contributed by atoms with van der Waals surface area (Å²) in [6, 6.07) is 8.00. The molecule has 3 aromatic rings. The van der Waals surface area contributed by atoms with Crippen molar-refractivity contribution in [2.24, 2.45) is 0 Å². The third kappa shape index (κ3) is 1.48. The van der Waals surface area contributed by atoms with Gasteiger partial charge in [-0.15, -0.1) is 5.10 Å². The Morgan fingerprint density at radius 3 is 2.56 bits per heavy atom. The average Bonchev–Trinajstić information content (AvgIpc) is 2.80. The third-order valence-corrected chi connectivity index (χ3v) is 2.94. The average molecular weight is 239 g/mol. The quantitative estimate of drug-likeness (QED) is 0.679. The van der Waals surface area contributed by atoms with E-state index in [0.29, 0.717) is 17.2 Å². The van der Waals surface area contributed by atoms with E-state index in [2.05, 4.69) is 10.1 Å². The van der Waals surface area contributed by atoms with Crippen LogP contribution in [0.3, 0.4) is 0 Å². The molecule has 3 rings (SSSR count). The first-order valence-corrected chi connectivity index (χ1v) is 5.62. The van der Waals surface area contributed by atoms with E-state index in [-0.39, 0.29) is 0 Å². The fourth-order valence-corrected chi connectivity index (χ4v) is 2.01. The molecule has 5 nitrogen and oxygen atoms in total. The molecule has 2 heterocycles. The lowest BCUT2D eigenvalue weighted by Crippen LogP contribution is -2.05. The van der Waals surface area contributed by atoms with Crippen LogP contribution in [-0.4, -0.2) is 14.6 Å². The molecule has 0 aliphatic heterocycles. The Morgan fingerprint density at radius 1 is 1.11 bits per heavy atom. The highest BCUT2D eigenvalue weighted by Gasteiger charge is 2.13. The minimum atomic E-state index is 0.404. The third-order valence-electron chi connectivity index (χ3n) is 2.94.